The molecule has 18 heavy (non-hydrogen) atoms. The van der Waals surface area contributed by atoms with Crippen LogP contribution in [0.4, 0.5) is 0 Å². The largest absolute Gasteiger partial charge is 0.460 e. The number of para-hydroxylation sites is 1. The monoisotopic (exact) mass is 283 g/mol. The third-order valence-electron chi connectivity index (χ3n) is 2.29. The van der Waals surface area contributed by atoms with Crippen LogP contribution in [0.3, 0.4) is 0 Å². The van der Waals surface area contributed by atoms with Crippen LogP contribution in [-0.4, -0.2) is 17.1 Å². The summed E-state index contributed by atoms with van der Waals surface area (Å²) in [6.07, 6.45) is 1.47. The van der Waals surface area contributed by atoms with Gasteiger partial charge in [0.1, 0.15) is 13.2 Å². The van der Waals surface area contributed by atoms with Gasteiger partial charge in [0.15, 0.2) is 0 Å². The van der Waals surface area contributed by atoms with E-state index in [-0.39, 0.29) is 18.0 Å². The van der Waals surface area contributed by atoms with Gasteiger partial charge in [0.2, 0.25) is 0 Å². The molecule has 0 fully saturated rings. The minimum absolute atomic E-state index is 0.128. The van der Waals surface area contributed by atoms with E-state index in [1.54, 1.807) is 18.2 Å². The Morgan fingerprint density at radius 3 is 3.06 bits per heavy atom. The molecule has 0 aliphatic heterocycles. The second kappa shape index (κ2) is 5.37. The molecular formula is C12H10ClNO3S. The summed E-state index contributed by atoms with van der Waals surface area (Å²) in [6.45, 7) is 3.43. The molecule has 2 rings (SSSR count). The van der Waals surface area contributed by atoms with E-state index in [1.807, 2.05) is 0 Å². The molecule has 0 amide bonds. The fourth-order valence-electron chi connectivity index (χ4n) is 1.55. The van der Waals surface area contributed by atoms with Crippen molar-refractivity contribution < 1.29 is 9.53 Å². The number of hydrogen-bond acceptors (Lipinski definition) is 4. The molecule has 0 saturated heterocycles. The maximum Gasteiger partial charge on any atom is 0.326 e. The molecule has 0 radical (unpaired) electrons. The number of carbonyl (C=O) groups excluding carboxylic acids is 1. The van der Waals surface area contributed by atoms with Gasteiger partial charge in [-0.25, -0.2) is 0 Å². The molecule has 1 aromatic heterocycles. The summed E-state index contributed by atoms with van der Waals surface area (Å²) in [5.74, 6) is -0.489. The lowest BCUT2D eigenvalue weighted by molar-refractivity contribution is -0.143. The molecule has 94 valence electrons. The van der Waals surface area contributed by atoms with Crippen LogP contribution in [0.5, 0.6) is 0 Å². The van der Waals surface area contributed by atoms with Crippen molar-refractivity contribution in [2.75, 3.05) is 6.61 Å². The minimum atomic E-state index is -0.489. The Kier molecular flexibility index (Phi) is 3.84. The Hall–Kier alpha value is -1.59. The predicted octanol–water partition coefficient (Wildman–Crippen LogP) is 2.45. The van der Waals surface area contributed by atoms with Crippen LogP contribution >= 0.6 is 22.9 Å². The second-order valence-electron chi connectivity index (χ2n) is 3.51. The molecule has 0 N–H and O–H groups in total. The summed E-state index contributed by atoms with van der Waals surface area (Å²) < 4.78 is 6.93. The third-order valence-corrected chi connectivity index (χ3v) is 3.54. The lowest BCUT2D eigenvalue weighted by Crippen LogP contribution is -2.21. The van der Waals surface area contributed by atoms with Crippen molar-refractivity contribution in [3.8, 4) is 0 Å². The number of rotatable bonds is 4. The van der Waals surface area contributed by atoms with Gasteiger partial charge in [0, 0.05) is 0 Å². The molecule has 6 heteroatoms. The molecule has 0 bridgehead atoms. The van der Waals surface area contributed by atoms with E-state index >= 15 is 0 Å². The van der Waals surface area contributed by atoms with Gasteiger partial charge in [-0.2, -0.15) is 0 Å². The molecule has 4 nitrogen and oxygen atoms in total. The zero-order chi connectivity index (χ0) is 13.1. The summed E-state index contributed by atoms with van der Waals surface area (Å²) in [6, 6.07) is 5.24. The highest BCUT2D eigenvalue weighted by molar-refractivity contribution is 7.16. The lowest BCUT2D eigenvalue weighted by Gasteiger charge is -2.04. The number of nitrogens with zero attached hydrogens (tertiary/aromatic N) is 1. The number of esters is 1. The maximum absolute atomic E-state index is 11.8. The Bertz CT molecular complexity index is 659. The quantitative estimate of drug-likeness (QED) is 0.640. The van der Waals surface area contributed by atoms with Gasteiger partial charge in [0.25, 0.3) is 0 Å². The van der Waals surface area contributed by atoms with E-state index in [1.165, 1.54) is 10.6 Å². The normalized spacial score (nSPS) is 10.5. The lowest BCUT2D eigenvalue weighted by atomic mass is 10.3. The fourth-order valence-corrected chi connectivity index (χ4v) is 2.80. The Morgan fingerprint density at radius 2 is 2.33 bits per heavy atom. The fraction of sp³-hybridized carbons (Fsp3) is 0.167. The third kappa shape index (κ3) is 2.47. The molecule has 0 aliphatic carbocycles. The Balaban J connectivity index is 2.38. The summed E-state index contributed by atoms with van der Waals surface area (Å²) in [5, 5.41) is 0.447. The molecule has 1 aromatic carbocycles. The predicted molar refractivity (Wildman–Crippen MR) is 72.3 cm³/mol. The number of ether oxygens (including phenoxy) is 1. The average molecular weight is 284 g/mol. The Labute approximate surface area is 112 Å². The molecule has 0 unspecified atom stereocenters. The van der Waals surface area contributed by atoms with Gasteiger partial charge < -0.3 is 4.74 Å². The molecular weight excluding hydrogens is 274 g/mol. The van der Waals surface area contributed by atoms with Crippen LogP contribution in [0.2, 0.25) is 5.02 Å². The smallest absolute Gasteiger partial charge is 0.326 e. The number of thiazole rings is 1. The number of carbonyl (C=O) groups is 1. The van der Waals surface area contributed by atoms with E-state index < -0.39 is 5.97 Å². The molecule has 0 saturated carbocycles. The van der Waals surface area contributed by atoms with Crippen LogP contribution < -0.4 is 4.87 Å². The topological polar surface area (TPSA) is 48.3 Å². The van der Waals surface area contributed by atoms with Gasteiger partial charge in [0.05, 0.1) is 15.2 Å². The van der Waals surface area contributed by atoms with Gasteiger partial charge in [-0.3, -0.25) is 14.2 Å². The van der Waals surface area contributed by atoms with Gasteiger partial charge in [-0.05, 0) is 12.1 Å². The van der Waals surface area contributed by atoms with Crippen LogP contribution in [0.25, 0.3) is 10.2 Å². The highest BCUT2D eigenvalue weighted by Gasteiger charge is 2.13. The molecule has 0 spiro atoms. The van der Waals surface area contributed by atoms with Gasteiger partial charge in [-0.15, -0.1) is 0 Å². The Morgan fingerprint density at radius 1 is 1.56 bits per heavy atom. The van der Waals surface area contributed by atoms with Crippen molar-refractivity contribution >= 4 is 39.1 Å². The van der Waals surface area contributed by atoms with Crippen molar-refractivity contribution in [1.29, 1.82) is 0 Å². The van der Waals surface area contributed by atoms with Crippen molar-refractivity contribution in [1.82, 2.24) is 4.57 Å². The van der Waals surface area contributed by atoms with E-state index in [9.17, 15) is 9.59 Å². The van der Waals surface area contributed by atoms with Gasteiger partial charge >= 0.3 is 10.8 Å². The van der Waals surface area contributed by atoms with Crippen LogP contribution in [0, 0.1) is 0 Å². The first-order chi connectivity index (χ1) is 8.63. The van der Waals surface area contributed by atoms with E-state index in [2.05, 4.69) is 6.58 Å². The summed E-state index contributed by atoms with van der Waals surface area (Å²) >= 11 is 7.10. The van der Waals surface area contributed by atoms with E-state index in [0.717, 1.165) is 16.0 Å². The van der Waals surface area contributed by atoms with Crippen molar-refractivity contribution in [3.05, 3.63) is 45.5 Å². The van der Waals surface area contributed by atoms with Crippen molar-refractivity contribution in [3.63, 3.8) is 0 Å². The van der Waals surface area contributed by atoms with Gasteiger partial charge in [-0.1, -0.05) is 41.7 Å². The molecule has 0 atom stereocenters. The zero-order valence-electron chi connectivity index (χ0n) is 9.39. The first-order valence-corrected chi connectivity index (χ1v) is 6.37. The number of halogens is 1. The minimum Gasteiger partial charge on any atom is -0.460 e. The number of benzene rings is 1. The molecule has 2 aromatic rings. The molecule has 1 heterocycles. The standard InChI is InChI=1S/C12H10ClNO3S/c1-2-6-17-10(15)7-14-11-8(13)4-3-5-9(11)18-12(14)16/h2-5H,1,6-7H2. The average Bonchev–Trinajstić information content (AvgIpc) is 2.65. The first kappa shape index (κ1) is 12.9. The SMILES string of the molecule is C=CCOC(=O)Cn1c(=O)sc2cccc(Cl)c21. The highest BCUT2D eigenvalue weighted by Crippen LogP contribution is 2.25. The first-order valence-electron chi connectivity index (χ1n) is 5.18. The molecule has 0 aliphatic rings. The zero-order valence-corrected chi connectivity index (χ0v) is 11.0. The number of fused-ring (bicyclic) bond motifs is 1. The number of hydrogen-bond donors (Lipinski definition) is 0. The van der Waals surface area contributed by atoms with Crippen LogP contribution in [-0.2, 0) is 16.1 Å². The summed E-state index contributed by atoms with van der Waals surface area (Å²) in [4.78, 5) is 23.1. The van der Waals surface area contributed by atoms with Crippen molar-refractivity contribution in [2.45, 2.75) is 6.54 Å². The maximum atomic E-state index is 11.8. The van der Waals surface area contributed by atoms with E-state index in [4.69, 9.17) is 16.3 Å². The van der Waals surface area contributed by atoms with Crippen LogP contribution in [0.1, 0.15) is 0 Å². The van der Waals surface area contributed by atoms with Crippen molar-refractivity contribution in [2.24, 2.45) is 0 Å². The highest BCUT2D eigenvalue weighted by atomic mass is 35.5. The number of aromatic nitrogens is 1. The van der Waals surface area contributed by atoms with E-state index in [0.29, 0.717) is 10.5 Å². The summed E-state index contributed by atoms with van der Waals surface area (Å²) in [7, 11) is 0. The van der Waals surface area contributed by atoms with Crippen LogP contribution in [0.15, 0.2) is 35.6 Å². The second-order valence-corrected chi connectivity index (χ2v) is 4.91. The summed E-state index contributed by atoms with van der Waals surface area (Å²) in [5.41, 5.74) is 0.574.